The van der Waals surface area contributed by atoms with E-state index in [9.17, 15) is 9.90 Å². The summed E-state index contributed by atoms with van der Waals surface area (Å²) in [5, 5.41) is 10.3. The highest BCUT2D eigenvalue weighted by Crippen LogP contribution is 2.41. The lowest BCUT2D eigenvalue weighted by atomic mass is 9.92. The van der Waals surface area contributed by atoms with E-state index >= 15 is 0 Å². The molecule has 2 rings (SSSR count). The predicted octanol–water partition coefficient (Wildman–Crippen LogP) is 1.47. The fourth-order valence-corrected chi connectivity index (χ4v) is 1.99. The fourth-order valence-electron chi connectivity index (χ4n) is 1.99. The monoisotopic (exact) mass is 234 g/mol. The first-order valence-corrected chi connectivity index (χ1v) is 5.22. The number of hydrogen-bond acceptors (Lipinski definition) is 4. The zero-order valence-corrected chi connectivity index (χ0v) is 9.98. The molecule has 1 atom stereocenters. The minimum atomic E-state index is -1.59. The first kappa shape index (κ1) is 11.7. The second-order valence-corrected chi connectivity index (χ2v) is 3.95. The summed E-state index contributed by atoms with van der Waals surface area (Å²) in [6, 6.07) is 5.13. The lowest BCUT2D eigenvalue weighted by Crippen LogP contribution is -2.29. The number of hydrogen-bond donors (Lipinski definition) is 1. The van der Waals surface area contributed by atoms with Gasteiger partial charge in [-0.15, -0.1) is 0 Å². The van der Waals surface area contributed by atoms with Crippen LogP contribution in [0.15, 0.2) is 24.3 Å². The topological polar surface area (TPSA) is 55.8 Å². The van der Waals surface area contributed by atoms with E-state index in [4.69, 9.17) is 9.47 Å². The van der Waals surface area contributed by atoms with Crippen molar-refractivity contribution in [3.8, 4) is 5.75 Å². The van der Waals surface area contributed by atoms with Crippen LogP contribution in [0.5, 0.6) is 5.75 Å². The molecule has 0 amide bonds. The summed E-state index contributed by atoms with van der Waals surface area (Å²) in [4.78, 5) is 11.6. The average Bonchev–Trinajstić information content (AvgIpc) is 2.63. The van der Waals surface area contributed by atoms with E-state index in [2.05, 4.69) is 0 Å². The Morgan fingerprint density at radius 1 is 1.29 bits per heavy atom. The summed E-state index contributed by atoms with van der Waals surface area (Å²) in [6.45, 7) is 1.35. The van der Waals surface area contributed by atoms with Crippen molar-refractivity contribution < 1.29 is 19.4 Å². The number of ketones is 1. The number of carbonyl (C=O) groups is 1. The number of rotatable bonds is 3. The van der Waals surface area contributed by atoms with E-state index in [0.29, 0.717) is 22.6 Å². The van der Waals surface area contributed by atoms with Crippen molar-refractivity contribution in [2.24, 2.45) is 0 Å². The van der Waals surface area contributed by atoms with Crippen LogP contribution in [-0.2, 0) is 15.1 Å². The quantitative estimate of drug-likeness (QED) is 0.860. The average molecular weight is 234 g/mol. The lowest BCUT2D eigenvalue weighted by molar-refractivity contribution is -0.131. The van der Waals surface area contributed by atoms with Gasteiger partial charge in [-0.1, -0.05) is 6.07 Å². The normalized spacial score (nSPS) is 21.8. The van der Waals surface area contributed by atoms with Gasteiger partial charge in [-0.2, -0.15) is 0 Å². The van der Waals surface area contributed by atoms with Gasteiger partial charge in [0.15, 0.2) is 11.4 Å². The van der Waals surface area contributed by atoms with E-state index in [1.165, 1.54) is 20.1 Å². The van der Waals surface area contributed by atoms with E-state index in [0.717, 1.165) is 0 Å². The third-order valence-electron chi connectivity index (χ3n) is 3.00. The smallest absolute Gasteiger partial charge is 0.170 e. The zero-order valence-electron chi connectivity index (χ0n) is 9.98. The third kappa shape index (κ3) is 1.61. The SMILES string of the molecule is COC1=C[C@@](O)(C(C)=O)c2ccc(OC)cc21. The molecular weight excluding hydrogens is 220 g/mol. The van der Waals surface area contributed by atoms with Crippen LogP contribution in [0, 0.1) is 0 Å². The molecular formula is C13H14O4. The molecule has 0 aliphatic heterocycles. The van der Waals surface area contributed by atoms with Crippen molar-refractivity contribution >= 4 is 11.5 Å². The molecule has 4 heteroatoms. The van der Waals surface area contributed by atoms with Crippen LogP contribution < -0.4 is 4.74 Å². The standard InChI is InChI=1S/C13H14O4/c1-8(14)13(15)7-12(17-3)10-6-9(16-2)4-5-11(10)13/h4-7,15H,1-3H3/t13-/m1/s1. The zero-order chi connectivity index (χ0) is 12.6. The fraction of sp³-hybridized carbons (Fsp3) is 0.308. The number of carbonyl (C=O) groups excluding carboxylic acids is 1. The van der Waals surface area contributed by atoms with Crippen molar-refractivity contribution in [1.29, 1.82) is 0 Å². The van der Waals surface area contributed by atoms with E-state index in [-0.39, 0.29) is 5.78 Å². The maximum Gasteiger partial charge on any atom is 0.170 e. The third-order valence-corrected chi connectivity index (χ3v) is 3.00. The summed E-state index contributed by atoms with van der Waals surface area (Å²) < 4.78 is 10.3. The molecule has 1 N–H and O–H groups in total. The second-order valence-electron chi connectivity index (χ2n) is 3.95. The van der Waals surface area contributed by atoms with Crippen LogP contribution in [-0.4, -0.2) is 25.1 Å². The molecule has 0 fully saturated rings. The molecule has 1 aliphatic carbocycles. The number of aliphatic hydroxyl groups is 1. The molecule has 4 nitrogen and oxygen atoms in total. The highest BCUT2D eigenvalue weighted by atomic mass is 16.5. The molecule has 17 heavy (non-hydrogen) atoms. The summed E-state index contributed by atoms with van der Waals surface area (Å²) in [7, 11) is 3.06. The van der Waals surface area contributed by atoms with Gasteiger partial charge in [-0.25, -0.2) is 0 Å². The second kappa shape index (κ2) is 3.89. The summed E-state index contributed by atoms with van der Waals surface area (Å²) in [5.41, 5.74) is -0.375. The lowest BCUT2D eigenvalue weighted by Gasteiger charge is -2.18. The van der Waals surface area contributed by atoms with Gasteiger partial charge in [0.2, 0.25) is 0 Å². The van der Waals surface area contributed by atoms with Crippen LogP contribution in [0.2, 0.25) is 0 Å². The van der Waals surface area contributed by atoms with Crippen LogP contribution in [0.1, 0.15) is 18.1 Å². The van der Waals surface area contributed by atoms with Gasteiger partial charge in [0.25, 0.3) is 0 Å². The Balaban J connectivity index is 2.63. The van der Waals surface area contributed by atoms with Gasteiger partial charge in [0, 0.05) is 17.2 Å². The molecule has 0 radical (unpaired) electrons. The summed E-state index contributed by atoms with van der Waals surface area (Å²) >= 11 is 0. The summed E-state index contributed by atoms with van der Waals surface area (Å²) in [5.74, 6) is 0.798. The molecule has 90 valence electrons. The van der Waals surface area contributed by atoms with Crippen LogP contribution >= 0.6 is 0 Å². The Hall–Kier alpha value is -1.81. The van der Waals surface area contributed by atoms with Crippen molar-refractivity contribution in [2.75, 3.05) is 14.2 Å². The van der Waals surface area contributed by atoms with Gasteiger partial charge >= 0.3 is 0 Å². The van der Waals surface area contributed by atoms with E-state index in [1.807, 2.05) is 0 Å². The number of Topliss-reactive ketones (excluding diaryl/α,β-unsaturated/α-hetero) is 1. The Labute approximate surface area is 99.5 Å². The van der Waals surface area contributed by atoms with Gasteiger partial charge in [0.05, 0.1) is 14.2 Å². The summed E-state index contributed by atoms with van der Waals surface area (Å²) in [6.07, 6.45) is 1.43. The van der Waals surface area contributed by atoms with Crippen molar-refractivity contribution in [1.82, 2.24) is 0 Å². The predicted molar refractivity (Wildman–Crippen MR) is 62.6 cm³/mol. The first-order valence-electron chi connectivity index (χ1n) is 5.22. The molecule has 0 bridgehead atoms. The molecule has 0 saturated carbocycles. The Morgan fingerprint density at radius 3 is 2.53 bits per heavy atom. The molecule has 0 aromatic heterocycles. The molecule has 0 heterocycles. The number of ether oxygens (including phenoxy) is 2. The van der Waals surface area contributed by atoms with E-state index in [1.54, 1.807) is 25.3 Å². The Kier molecular flexibility index (Phi) is 2.67. The number of benzene rings is 1. The highest BCUT2D eigenvalue weighted by Gasteiger charge is 2.41. The Bertz CT molecular complexity index is 504. The van der Waals surface area contributed by atoms with E-state index < -0.39 is 5.60 Å². The van der Waals surface area contributed by atoms with Crippen LogP contribution in [0.3, 0.4) is 0 Å². The first-order chi connectivity index (χ1) is 8.02. The maximum atomic E-state index is 11.6. The minimum Gasteiger partial charge on any atom is -0.497 e. The van der Waals surface area contributed by atoms with Crippen molar-refractivity contribution in [2.45, 2.75) is 12.5 Å². The maximum absolute atomic E-state index is 11.6. The van der Waals surface area contributed by atoms with Gasteiger partial charge in [0.1, 0.15) is 11.5 Å². The van der Waals surface area contributed by atoms with Crippen LogP contribution in [0.4, 0.5) is 0 Å². The van der Waals surface area contributed by atoms with Crippen LogP contribution in [0.25, 0.3) is 5.76 Å². The molecule has 1 aliphatic rings. The van der Waals surface area contributed by atoms with Gasteiger partial charge in [-0.05, 0) is 19.1 Å². The number of fused-ring (bicyclic) bond motifs is 1. The molecule has 0 spiro atoms. The van der Waals surface area contributed by atoms with Crippen molar-refractivity contribution in [3.63, 3.8) is 0 Å². The number of methoxy groups -OCH3 is 2. The highest BCUT2D eigenvalue weighted by molar-refractivity contribution is 5.94. The molecule has 1 aromatic carbocycles. The van der Waals surface area contributed by atoms with Crippen molar-refractivity contribution in [3.05, 3.63) is 35.4 Å². The van der Waals surface area contributed by atoms with Gasteiger partial charge < -0.3 is 14.6 Å². The molecule has 0 saturated heterocycles. The molecule has 1 aromatic rings. The Morgan fingerprint density at radius 2 is 2.00 bits per heavy atom. The largest absolute Gasteiger partial charge is 0.497 e. The van der Waals surface area contributed by atoms with Gasteiger partial charge in [-0.3, -0.25) is 4.79 Å². The minimum absolute atomic E-state index is 0.337. The molecule has 0 unspecified atom stereocenters.